The van der Waals surface area contributed by atoms with Gasteiger partial charge in [0.2, 0.25) is 5.91 Å². The van der Waals surface area contributed by atoms with E-state index >= 15 is 0 Å². The largest absolute Gasteiger partial charge is 0.322 e. The molecule has 1 aliphatic rings. The lowest BCUT2D eigenvalue weighted by Gasteiger charge is -2.32. The molecular weight excluding hydrogens is 280 g/mol. The SMILES string of the molecule is CC(=O)N/C(=C\c1ccccc1)C(=O)NN1CCN(C)CC1. The molecule has 1 heterocycles. The minimum atomic E-state index is -0.302. The van der Waals surface area contributed by atoms with Crippen LogP contribution >= 0.6 is 0 Å². The van der Waals surface area contributed by atoms with E-state index in [0.29, 0.717) is 0 Å². The molecule has 1 aromatic carbocycles. The summed E-state index contributed by atoms with van der Waals surface area (Å²) in [5, 5.41) is 4.48. The van der Waals surface area contributed by atoms with Gasteiger partial charge in [-0.05, 0) is 18.7 Å². The van der Waals surface area contributed by atoms with E-state index < -0.39 is 0 Å². The first-order valence-electron chi connectivity index (χ1n) is 7.33. The summed E-state index contributed by atoms with van der Waals surface area (Å²) in [7, 11) is 2.05. The van der Waals surface area contributed by atoms with Crippen molar-refractivity contribution >= 4 is 17.9 Å². The highest BCUT2D eigenvalue weighted by Gasteiger charge is 2.18. The van der Waals surface area contributed by atoms with Gasteiger partial charge in [-0.3, -0.25) is 15.0 Å². The van der Waals surface area contributed by atoms with Gasteiger partial charge in [-0.2, -0.15) is 0 Å². The summed E-state index contributed by atoms with van der Waals surface area (Å²) in [5.41, 5.74) is 3.96. The Balaban J connectivity index is 2.06. The van der Waals surface area contributed by atoms with Gasteiger partial charge in [0, 0.05) is 33.1 Å². The summed E-state index contributed by atoms with van der Waals surface area (Å²) < 4.78 is 0. The zero-order valence-electron chi connectivity index (χ0n) is 13.0. The number of rotatable bonds is 4. The fraction of sp³-hybridized carbons (Fsp3) is 0.375. The first-order valence-corrected chi connectivity index (χ1v) is 7.33. The topological polar surface area (TPSA) is 64.7 Å². The van der Waals surface area contributed by atoms with Crippen molar-refractivity contribution in [2.45, 2.75) is 6.92 Å². The molecule has 2 amide bonds. The molecule has 2 rings (SSSR count). The monoisotopic (exact) mass is 302 g/mol. The van der Waals surface area contributed by atoms with Crippen LogP contribution in [0, 0.1) is 0 Å². The lowest BCUT2D eigenvalue weighted by molar-refractivity contribution is -0.125. The fourth-order valence-electron chi connectivity index (χ4n) is 2.19. The highest BCUT2D eigenvalue weighted by atomic mass is 16.2. The molecule has 1 aromatic rings. The molecule has 22 heavy (non-hydrogen) atoms. The molecule has 0 saturated carbocycles. The fourth-order valence-corrected chi connectivity index (χ4v) is 2.19. The van der Waals surface area contributed by atoms with E-state index in [0.717, 1.165) is 31.7 Å². The number of amides is 2. The van der Waals surface area contributed by atoms with Gasteiger partial charge in [-0.1, -0.05) is 30.3 Å². The lowest BCUT2D eigenvalue weighted by atomic mass is 10.2. The van der Waals surface area contributed by atoms with E-state index in [-0.39, 0.29) is 17.5 Å². The van der Waals surface area contributed by atoms with Crippen LogP contribution in [0.25, 0.3) is 6.08 Å². The van der Waals surface area contributed by atoms with E-state index in [1.165, 1.54) is 6.92 Å². The minimum Gasteiger partial charge on any atom is -0.322 e. The average Bonchev–Trinajstić information content (AvgIpc) is 2.49. The Morgan fingerprint density at radius 3 is 2.32 bits per heavy atom. The van der Waals surface area contributed by atoms with E-state index in [2.05, 4.69) is 22.7 Å². The summed E-state index contributed by atoms with van der Waals surface area (Å²) in [6.45, 7) is 4.72. The highest BCUT2D eigenvalue weighted by Crippen LogP contribution is 2.06. The summed E-state index contributed by atoms with van der Waals surface area (Å²) in [5.74, 6) is -0.570. The van der Waals surface area contributed by atoms with Gasteiger partial charge < -0.3 is 10.2 Å². The second kappa shape index (κ2) is 7.72. The molecule has 0 radical (unpaired) electrons. The third kappa shape index (κ3) is 4.98. The summed E-state index contributed by atoms with van der Waals surface area (Å²) in [6, 6.07) is 9.43. The quantitative estimate of drug-likeness (QED) is 0.792. The van der Waals surface area contributed by atoms with Gasteiger partial charge >= 0.3 is 0 Å². The van der Waals surface area contributed by atoms with E-state index in [4.69, 9.17) is 0 Å². The number of hydrogen-bond acceptors (Lipinski definition) is 4. The molecule has 1 aliphatic heterocycles. The predicted molar refractivity (Wildman–Crippen MR) is 85.4 cm³/mol. The molecule has 0 bridgehead atoms. The maximum Gasteiger partial charge on any atom is 0.282 e. The summed E-state index contributed by atoms with van der Waals surface area (Å²) in [4.78, 5) is 25.9. The molecule has 0 aliphatic carbocycles. The Labute approximate surface area is 130 Å². The predicted octanol–water partition coefficient (Wildman–Crippen LogP) is 0.442. The number of benzene rings is 1. The van der Waals surface area contributed by atoms with Gasteiger partial charge in [0.25, 0.3) is 5.91 Å². The van der Waals surface area contributed by atoms with Gasteiger partial charge in [0.1, 0.15) is 5.70 Å². The first-order chi connectivity index (χ1) is 10.5. The van der Waals surface area contributed by atoms with Gasteiger partial charge in [-0.15, -0.1) is 0 Å². The number of piperazine rings is 1. The van der Waals surface area contributed by atoms with Crippen molar-refractivity contribution in [2.24, 2.45) is 0 Å². The van der Waals surface area contributed by atoms with Crippen LogP contribution in [0.3, 0.4) is 0 Å². The number of nitrogens with one attached hydrogen (secondary N) is 2. The average molecular weight is 302 g/mol. The van der Waals surface area contributed by atoms with Crippen molar-refractivity contribution in [3.8, 4) is 0 Å². The molecule has 1 saturated heterocycles. The second-order valence-electron chi connectivity index (χ2n) is 5.38. The molecule has 0 aromatic heterocycles. The van der Waals surface area contributed by atoms with Crippen molar-refractivity contribution in [3.05, 3.63) is 41.6 Å². The molecule has 2 N–H and O–H groups in total. The van der Waals surface area contributed by atoms with Gasteiger partial charge in [-0.25, -0.2) is 5.01 Å². The molecule has 0 spiro atoms. The first kappa shape index (κ1) is 16.2. The van der Waals surface area contributed by atoms with Crippen molar-refractivity contribution in [2.75, 3.05) is 33.2 Å². The highest BCUT2D eigenvalue weighted by molar-refractivity contribution is 6.00. The van der Waals surface area contributed by atoms with Crippen LogP contribution < -0.4 is 10.7 Å². The standard InChI is InChI=1S/C16H22N4O2/c1-13(21)17-15(12-14-6-4-3-5-7-14)16(22)18-20-10-8-19(2)9-11-20/h3-7,12H,8-11H2,1-2H3,(H,17,21)(H,18,22)/b15-12-. The van der Waals surface area contributed by atoms with Crippen LogP contribution in [0.2, 0.25) is 0 Å². The number of hydrazine groups is 1. The van der Waals surface area contributed by atoms with Gasteiger partial charge in [0.15, 0.2) is 0 Å². The number of hydrogen-bond donors (Lipinski definition) is 2. The molecule has 6 heteroatoms. The Kier molecular flexibility index (Phi) is 5.68. The smallest absolute Gasteiger partial charge is 0.282 e. The number of nitrogens with zero attached hydrogens (tertiary/aromatic N) is 2. The van der Waals surface area contributed by atoms with Crippen LogP contribution in [-0.4, -0.2) is 54.9 Å². The summed E-state index contributed by atoms with van der Waals surface area (Å²) >= 11 is 0. The zero-order valence-corrected chi connectivity index (χ0v) is 13.0. The van der Waals surface area contributed by atoms with Crippen LogP contribution in [0.5, 0.6) is 0 Å². The second-order valence-corrected chi connectivity index (χ2v) is 5.38. The van der Waals surface area contributed by atoms with E-state index in [1.54, 1.807) is 6.08 Å². The van der Waals surface area contributed by atoms with E-state index in [1.807, 2.05) is 35.3 Å². The lowest BCUT2D eigenvalue weighted by Crippen LogP contribution is -2.53. The van der Waals surface area contributed by atoms with Crippen molar-refractivity contribution in [1.82, 2.24) is 20.7 Å². The molecular formula is C16H22N4O2. The van der Waals surface area contributed by atoms with Crippen LogP contribution in [0.15, 0.2) is 36.0 Å². The molecule has 118 valence electrons. The third-order valence-corrected chi connectivity index (χ3v) is 3.43. The van der Waals surface area contributed by atoms with Crippen molar-refractivity contribution in [1.29, 1.82) is 0 Å². The van der Waals surface area contributed by atoms with Crippen LogP contribution in [0.4, 0.5) is 0 Å². The Bertz CT molecular complexity index is 549. The van der Waals surface area contributed by atoms with Gasteiger partial charge in [0.05, 0.1) is 0 Å². The maximum absolute atomic E-state index is 12.4. The number of likely N-dealkylation sites (N-methyl/N-ethyl adjacent to an activating group) is 1. The van der Waals surface area contributed by atoms with Crippen molar-refractivity contribution < 1.29 is 9.59 Å². The molecule has 0 unspecified atom stereocenters. The summed E-state index contributed by atoms with van der Waals surface area (Å²) in [6.07, 6.45) is 1.67. The minimum absolute atomic E-state index is 0.248. The van der Waals surface area contributed by atoms with Crippen LogP contribution in [-0.2, 0) is 9.59 Å². The normalized spacial score (nSPS) is 17.1. The number of carbonyl (C=O) groups is 2. The van der Waals surface area contributed by atoms with Crippen molar-refractivity contribution in [3.63, 3.8) is 0 Å². The third-order valence-electron chi connectivity index (χ3n) is 3.43. The maximum atomic E-state index is 12.4. The van der Waals surface area contributed by atoms with E-state index in [9.17, 15) is 9.59 Å². The number of carbonyl (C=O) groups excluding carboxylic acids is 2. The molecule has 0 atom stereocenters. The zero-order chi connectivity index (χ0) is 15.9. The Morgan fingerprint density at radius 1 is 1.09 bits per heavy atom. The molecule has 6 nitrogen and oxygen atoms in total. The Hall–Kier alpha value is -2.18. The van der Waals surface area contributed by atoms with Crippen LogP contribution in [0.1, 0.15) is 12.5 Å². The Morgan fingerprint density at radius 2 is 1.73 bits per heavy atom. The molecule has 1 fully saturated rings.